The second kappa shape index (κ2) is 9.62. The van der Waals surface area contributed by atoms with Crippen LogP contribution >= 0.6 is 0 Å². The zero-order valence-corrected chi connectivity index (χ0v) is 11.9. The van der Waals surface area contributed by atoms with E-state index in [9.17, 15) is 4.79 Å². The Morgan fingerprint density at radius 2 is 1.89 bits per heavy atom. The molecule has 0 aliphatic rings. The fraction of sp³-hybridized carbons (Fsp3) is 0.667. The lowest BCUT2D eigenvalue weighted by Gasteiger charge is -2.02. The number of methoxy groups -OCH3 is 1. The minimum atomic E-state index is -0.456. The van der Waals surface area contributed by atoms with E-state index in [4.69, 9.17) is 9.15 Å². The number of hydrogen-bond donors (Lipinski definition) is 0. The van der Waals surface area contributed by atoms with Gasteiger partial charge in [0.05, 0.1) is 7.11 Å². The van der Waals surface area contributed by atoms with Crippen LogP contribution in [0.4, 0.5) is 0 Å². The molecule has 0 aliphatic carbocycles. The van der Waals surface area contributed by atoms with Crippen molar-refractivity contribution in [2.75, 3.05) is 13.7 Å². The summed E-state index contributed by atoms with van der Waals surface area (Å²) in [5.41, 5.74) is 0. The van der Waals surface area contributed by atoms with Gasteiger partial charge in [-0.2, -0.15) is 0 Å². The minimum absolute atomic E-state index is 0.223. The van der Waals surface area contributed by atoms with E-state index in [0.717, 1.165) is 13.0 Å². The predicted octanol–water partition coefficient (Wildman–Crippen LogP) is 3.94. The highest BCUT2D eigenvalue weighted by molar-refractivity contribution is 5.86. The highest BCUT2D eigenvalue weighted by Gasteiger charge is 2.10. The first-order valence-electron chi connectivity index (χ1n) is 7.02. The van der Waals surface area contributed by atoms with Gasteiger partial charge in [0.2, 0.25) is 5.76 Å². The van der Waals surface area contributed by atoms with Crippen LogP contribution in [0.1, 0.15) is 61.8 Å². The third kappa shape index (κ3) is 6.43. The monoisotopic (exact) mass is 268 g/mol. The molecule has 1 aromatic heterocycles. The molecule has 19 heavy (non-hydrogen) atoms. The van der Waals surface area contributed by atoms with E-state index in [0.29, 0.717) is 12.4 Å². The second-order valence-corrected chi connectivity index (χ2v) is 4.58. The average Bonchev–Trinajstić information content (AvgIpc) is 2.89. The van der Waals surface area contributed by atoms with Crippen LogP contribution in [0.25, 0.3) is 0 Å². The minimum Gasteiger partial charge on any atom is -0.463 e. The zero-order valence-electron chi connectivity index (χ0n) is 11.9. The van der Waals surface area contributed by atoms with Crippen molar-refractivity contribution in [3.63, 3.8) is 0 Å². The van der Waals surface area contributed by atoms with E-state index >= 15 is 0 Å². The van der Waals surface area contributed by atoms with Gasteiger partial charge in [-0.05, 0) is 18.6 Å². The van der Waals surface area contributed by atoms with E-state index < -0.39 is 5.97 Å². The molecule has 1 heterocycles. The molecule has 1 rings (SSSR count). The zero-order chi connectivity index (χ0) is 13.9. The summed E-state index contributed by atoms with van der Waals surface area (Å²) in [6.45, 7) is 3.36. The van der Waals surface area contributed by atoms with E-state index in [1.807, 2.05) is 0 Å². The predicted molar refractivity (Wildman–Crippen MR) is 73.1 cm³/mol. The molecule has 0 aliphatic heterocycles. The molecule has 0 aromatic carbocycles. The van der Waals surface area contributed by atoms with Crippen molar-refractivity contribution in [1.82, 2.24) is 0 Å². The molecule has 0 atom stereocenters. The van der Waals surface area contributed by atoms with E-state index in [2.05, 4.69) is 11.7 Å². The number of unbranched alkanes of at least 4 members (excludes halogenated alkanes) is 5. The Morgan fingerprint density at radius 3 is 2.63 bits per heavy atom. The first kappa shape index (κ1) is 15.8. The molecule has 0 N–H and O–H groups in total. The van der Waals surface area contributed by atoms with Gasteiger partial charge in [0, 0.05) is 6.61 Å². The summed E-state index contributed by atoms with van der Waals surface area (Å²) in [6, 6.07) is 3.35. The topological polar surface area (TPSA) is 48.7 Å². The van der Waals surface area contributed by atoms with Gasteiger partial charge in [-0.25, -0.2) is 4.79 Å². The van der Waals surface area contributed by atoms with Crippen LogP contribution in [0.2, 0.25) is 0 Å². The average molecular weight is 268 g/mol. The van der Waals surface area contributed by atoms with Gasteiger partial charge in [-0.15, -0.1) is 0 Å². The van der Waals surface area contributed by atoms with Crippen molar-refractivity contribution >= 4 is 5.97 Å². The standard InChI is InChI=1S/C15H24O4/c1-3-4-5-6-7-8-11-18-12-13-9-10-14(19-13)15(16)17-2/h9-10H,3-8,11-12H2,1-2H3. The Kier molecular flexibility index (Phi) is 7.98. The van der Waals surface area contributed by atoms with Crippen molar-refractivity contribution in [3.8, 4) is 0 Å². The van der Waals surface area contributed by atoms with Gasteiger partial charge < -0.3 is 13.9 Å². The quantitative estimate of drug-likeness (QED) is 0.476. The first-order valence-corrected chi connectivity index (χ1v) is 7.02. The maximum Gasteiger partial charge on any atom is 0.373 e. The molecule has 0 fully saturated rings. The molecule has 0 spiro atoms. The number of ether oxygens (including phenoxy) is 2. The number of rotatable bonds is 10. The maximum absolute atomic E-state index is 11.2. The highest BCUT2D eigenvalue weighted by atomic mass is 16.5. The van der Waals surface area contributed by atoms with Gasteiger partial charge in [-0.1, -0.05) is 39.0 Å². The molecular weight excluding hydrogens is 244 g/mol. The number of carbonyl (C=O) groups is 1. The van der Waals surface area contributed by atoms with Crippen molar-refractivity contribution in [2.45, 2.75) is 52.1 Å². The van der Waals surface area contributed by atoms with Crippen molar-refractivity contribution in [2.24, 2.45) is 0 Å². The lowest BCUT2D eigenvalue weighted by Crippen LogP contribution is -1.98. The summed E-state index contributed by atoms with van der Waals surface area (Å²) in [4.78, 5) is 11.2. The summed E-state index contributed by atoms with van der Waals surface area (Å²) in [5.74, 6) is 0.425. The van der Waals surface area contributed by atoms with Crippen molar-refractivity contribution in [1.29, 1.82) is 0 Å². The highest BCUT2D eigenvalue weighted by Crippen LogP contribution is 2.11. The molecule has 108 valence electrons. The molecule has 0 radical (unpaired) electrons. The van der Waals surface area contributed by atoms with Crippen LogP contribution < -0.4 is 0 Å². The molecule has 0 saturated heterocycles. The third-order valence-corrected chi connectivity index (χ3v) is 2.93. The fourth-order valence-electron chi connectivity index (χ4n) is 1.82. The lowest BCUT2D eigenvalue weighted by atomic mass is 10.1. The number of furan rings is 1. The summed E-state index contributed by atoms with van der Waals surface area (Å²) in [7, 11) is 1.33. The smallest absolute Gasteiger partial charge is 0.373 e. The second-order valence-electron chi connectivity index (χ2n) is 4.58. The van der Waals surface area contributed by atoms with Crippen LogP contribution in [0.5, 0.6) is 0 Å². The normalized spacial score (nSPS) is 10.6. The molecule has 4 heteroatoms. The van der Waals surface area contributed by atoms with Crippen molar-refractivity contribution in [3.05, 3.63) is 23.7 Å². The molecule has 0 amide bonds. The van der Waals surface area contributed by atoms with Crippen LogP contribution in [-0.4, -0.2) is 19.7 Å². The van der Waals surface area contributed by atoms with Crippen LogP contribution in [0.3, 0.4) is 0 Å². The largest absolute Gasteiger partial charge is 0.463 e. The molecule has 0 unspecified atom stereocenters. The molecule has 0 bridgehead atoms. The lowest BCUT2D eigenvalue weighted by molar-refractivity contribution is 0.0551. The maximum atomic E-state index is 11.2. The van der Waals surface area contributed by atoms with Gasteiger partial charge in [0.25, 0.3) is 0 Å². The van der Waals surface area contributed by atoms with Crippen LogP contribution in [-0.2, 0) is 16.1 Å². The Balaban J connectivity index is 2.06. The summed E-state index contributed by atoms with van der Waals surface area (Å²) in [5, 5.41) is 0. The SMILES string of the molecule is CCCCCCCCOCc1ccc(C(=O)OC)o1. The number of carbonyl (C=O) groups excluding carboxylic acids is 1. The number of hydrogen-bond acceptors (Lipinski definition) is 4. The number of esters is 1. The van der Waals surface area contributed by atoms with E-state index in [1.54, 1.807) is 12.1 Å². The first-order chi connectivity index (χ1) is 9.27. The summed E-state index contributed by atoms with van der Waals surface area (Å²) >= 11 is 0. The molecule has 1 aromatic rings. The molecule has 4 nitrogen and oxygen atoms in total. The van der Waals surface area contributed by atoms with Gasteiger partial charge in [0.15, 0.2) is 0 Å². The molecule has 0 saturated carbocycles. The Bertz CT molecular complexity index is 357. The summed E-state index contributed by atoms with van der Waals surface area (Å²) in [6.07, 6.45) is 7.49. The Hall–Kier alpha value is -1.29. The van der Waals surface area contributed by atoms with Crippen LogP contribution in [0, 0.1) is 0 Å². The molecular formula is C15H24O4. The summed E-state index contributed by atoms with van der Waals surface area (Å²) < 4.78 is 15.4. The van der Waals surface area contributed by atoms with Gasteiger partial charge >= 0.3 is 5.97 Å². The Labute approximate surface area is 115 Å². The third-order valence-electron chi connectivity index (χ3n) is 2.93. The van der Waals surface area contributed by atoms with Crippen LogP contribution in [0.15, 0.2) is 16.5 Å². The fourth-order valence-corrected chi connectivity index (χ4v) is 1.82. The van der Waals surface area contributed by atoms with Crippen molar-refractivity contribution < 1.29 is 18.7 Å². The van der Waals surface area contributed by atoms with Gasteiger partial charge in [-0.3, -0.25) is 0 Å². The van der Waals surface area contributed by atoms with E-state index in [-0.39, 0.29) is 5.76 Å². The Morgan fingerprint density at radius 1 is 1.16 bits per heavy atom. The van der Waals surface area contributed by atoms with E-state index in [1.165, 1.54) is 39.2 Å². The van der Waals surface area contributed by atoms with Gasteiger partial charge in [0.1, 0.15) is 12.4 Å².